The minimum absolute atomic E-state index is 0.135. The fourth-order valence-electron chi connectivity index (χ4n) is 9.78. The second-order valence-corrected chi connectivity index (χ2v) is 16.7. The normalized spacial score (nSPS) is 15.1. The Morgan fingerprint density at radius 2 is 1.07 bits per heavy atom. The molecule has 0 amide bonds. The van der Waals surface area contributed by atoms with Crippen LogP contribution < -0.4 is 9.80 Å². The number of hydrogen-bond acceptors (Lipinski definition) is 3. The zero-order valence-corrected chi connectivity index (χ0v) is 33.1. The van der Waals surface area contributed by atoms with Crippen molar-refractivity contribution in [1.29, 1.82) is 0 Å². The Kier molecular flexibility index (Phi) is 7.89. The Balaban J connectivity index is 1.01. The number of fused-ring (bicyclic) bond motifs is 11. The molecule has 9 aromatic carbocycles. The van der Waals surface area contributed by atoms with Crippen molar-refractivity contribution >= 4 is 60.6 Å². The van der Waals surface area contributed by atoms with Crippen molar-refractivity contribution in [3.05, 3.63) is 234 Å². The van der Waals surface area contributed by atoms with Crippen LogP contribution in [0.15, 0.2) is 218 Å². The Bertz CT molecular complexity index is 3170. The summed E-state index contributed by atoms with van der Waals surface area (Å²) in [5, 5.41) is 3.80. The molecule has 0 saturated carbocycles. The van der Waals surface area contributed by atoms with E-state index in [1.165, 1.54) is 87.3 Å². The van der Waals surface area contributed by atoms with Gasteiger partial charge >= 0.3 is 0 Å². The van der Waals surface area contributed by atoms with E-state index in [1.54, 1.807) is 0 Å². The lowest BCUT2D eigenvalue weighted by atomic mass is 9.77. The third kappa shape index (κ3) is 5.46. The highest BCUT2D eigenvalue weighted by Gasteiger charge is 2.47. The predicted octanol–water partition coefficient (Wildman–Crippen LogP) is 15.9. The topological polar surface area (TPSA) is 6.48 Å². The minimum atomic E-state index is 0.135. The van der Waals surface area contributed by atoms with Crippen LogP contribution in [0.5, 0.6) is 0 Å². The van der Waals surface area contributed by atoms with Crippen LogP contribution in [0.2, 0.25) is 0 Å². The zero-order valence-electron chi connectivity index (χ0n) is 32.2. The van der Waals surface area contributed by atoms with E-state index >= 15 is 0 Å². The molecular formula is C56H38N2S. The van der Waals surface area contributed by atoms with E-state index in [0.717, 1.165) is 11.4 Å². The summed E-state index contributed by atoms with van der Waals surface area (Å²) in [4.78, 5) is 6.44. The van der Waals surface area contributed by atoms with Gasteiger partial charge in [-0.3, -0.25) is 0 Å². The van der Waals surface area contributed by atoms with Crippen LogP contribution in [0.4, 0.5) is 28.4 Å². The summed E-state index contributed by atoms with van der Waals surface area (Å²) in [6, 6.07) is 80.4. The number of anilines is 5. The largest absolute Gasteiger partial charge is 0.333 e. The monoisotopic (exact) mass is 770 g/mol. The first kappa shape index (κ1) is 33.9. The fourth-order valence-corrected chi connectivity index (χ4v) is 11.1. The SMILES string of the molecule is c1ccc(-c2ccc3sc4c(c3c2)-c2ccccc2C2C4c3cc(-c4ccc(N(c5ccccc5)c5cccc6ccccc56)cc4)ccc3N2c2ccccc2)cc1. The molecule has 1 aromatic heterocycles. The van der Waals surface area contributed by atoms with Crippen molar-refractivity contribution in [2.45, 2.75) is 12.0 Å². The molecule has 2 unspecified atom stereocenters. The van der Waals surface area contributed by atoms with Gasteiger partial charge in [0.25, 0.3) is 0 Å². The molecule has 0 saturated heterocycles. The van der Waals surface area contributed by atoms with Crippen LogP contribution >= 0.6 is 11.3 Å². The number of hydrogen-bond donors (Lipinski definition) is 0. The van der Waals surface area contributed by atoms with Gasteiger partial charge in [0.05, 0.1) is 11.7 Å². The van der Waals surface area contributed by atoms with Crippen LogP contribution in [0, 0.1) is 0 Å². The van der Waals surface area contributed by atoms with Gasteiger partial charge in [0.15, 0.2) is 0 Å². The number of thiophene rings is 1. The van der Waals surface area contributed by atoms with Gasteiger partial charge < -0.3 is 9.80 Å². The van der Waals surface area contributed by atoms with E-state index < -0.39 is 0 Å². The number of para-hydroxylation sites is 2. The van der Waals surface area contributed by atoms with Gasteiger partial charge in [0.1, 0.15) is 0 Å². The molecule has 1 aliphatic carbocycles. The highest BCUT2D eigenvalue weighted by Crippen LogP contribution is 2.63. The van der Waals surface area contributed by atoms with E-state index in [9.17, 15) is 0 Å². The number of benzene rings is 9. The lowest BCUT2D eigenvalue weighted by Gasteiger charge is -2.35. The Hall–Kier alpha value is -7.20. The van der Waals surface area contributed by atoms with E-state index in [1.807, 2.05) is 11.3 Å². The first-order valence-electron chi connectivity index (χ1n) is 20.4. The van der Waals surface area contributed by atoms with Crippen LogP contribution in [0.1, 0.15) is 28.0 Å². The molecule has 0 bridgehead atoms. The van der Waals surface area contributed by atoms with Gasteiger partial charge in [0.2, 0.25) is 0 Å². The first-order chi connectivity index (χ1) is 29.3. The molecule has 0 fully saturated rings. The number of rotatable bonds is 6. The highest BCUT2D eigenvalue weighted by molar-refractivity contribution is 7.19. The summed E-state index contributed by atoms with van der Waals surface area (Å²) in [5.74, 6) is 0.173. The molecule has 0 radical (unpaired) electrons. The van der Waals surface area contributed by atoms with Crippen molar-refractivity contribution in [2.24, 2.45) is 0 Å². The lowest BCUT2D eigenvalue weighted by molar-refractivity contribution is 0.659. The maximum absolute atomic E-state index is 2.61. The summed E-state index contributed by atoms with van der Waals surface area (Å²) >= 11 is 1.98. The van der Waals surface area contributed by atoms with E-state index in [0.29, 0.717) is 0 Å². The van der Waals surface area contributed by atoms with Crippen LogP contribution in [0.25, 0.3) is 54.2 Å². The second-order valence-electron chi connectivity index (χ2n) is 15.6. The van der Waals surface area contributed by atoms with Gasteiger partial charge in [0, 0.05) is 54.6 Å². The average molecular weight is 771 g/mol. The number of nitrogens with zero attached hydrogens (tertiary/aromatic N) is 2. The van der Waals surface area contributed by atoms with Gasteiger partial charge in [-0.25, -0.2) is 0 Å². The summed E-state index contributed by atoms with van der Waals surface area (Å²) in [6.45, 7) is 0. The molecule has 59 heavy (non-hydrogen) atoms. The average Bonchev–Trinajstić information content (AvgIpc) is 3.86. The smallest absolute Gasteiger partial charge is 0.0715 e. The maximum atomic E-state index is 2.61. The molecule has 2 nitrogen and oxygen atoms in total. The Labute approximate surface area is 348 Å². The third-order valence-corrected chi connectivity index (χ3v) is 13.6. The van der Waals surface area contributed by atoms with Crippen molar-refractivity contribution in [3.8, 4) is 33.4 Å². The summed E-state index contributed by atoms with van der Waals surface area (Å²) < 4.78 is 1.34. The van der Waals surface area contributed by atoms with E-state index in [4.69, 9.17) is 0 Å². The van der Waals surface area contributed by atoms with E-state index in [-0.39, 0.29) is 12.0 Å². The molecule has 2 heterocycles. The highest BCUT2D eigenvalue weighted by atomic mass is 32.1. The molecule has 0 spiro atoms. The van der Waals surface area contributed by atoms with Gasteiger partial charge in [-0.1, -0.05) is 152 Å². The van der Waals surface area contributed by atoms with Gasteiger partial charge in [-0.2, -0.15) is 0 Å². The first-order valence-corrected chi connectivity index (χ1v) is 21.2. The molecular weight excluding hydrogens is 733 g/mol. The molecule has 2 aliphatic rings. The Morgan fingerprint density at radius 3 is 1.90 bits per heavy atom. The molecule has 1 aliphatic heterocycles. The molecule has 278 valence electrons. The quantitative estimate of drug-likeness (QED) is 0.166. The molecule has 2 atom stereocenters. The lowest BCUT2D eigenvalue weighted by Crippen LogP contribution is -2.25. The Morgan fingerprint density at radius 1 is 0.441 bits per heavy atom. The standard InChI is InChI=1S/C56H38N2S/c1-4-15-37(16-5-1)41-30-34-52-49(36-41)53-46-24-12-13-25-47(46)55-54(56(53)59-52)48-35-40(29-33-51(48)58(55)43-21-8-3-9-22-43)38-27-31-44(32-28-38)57(42-19-6-2-7-20-42)50-26-14-18-39-17-10-11-23-45(39)50/h1-36,54-55H. The van der Waals surface area contributed by atoms with Crippen molar-refractivity contribution in [3.63, 3.8) is 0 Å². The van der Waals surface area contributed by atoms with Crippen molar-refractivity contribution in [2.75, 3.05) is 9.80 Å². The van der Waals surface area contributed by atoms with E-state index in [2.05, 4.69) is 228 Å². The summed E-state index contributed by atoms with van der Waals surface area (Å²) in [7, 11) is 0. The minimum Gasteiger partial charge on any atom is -0.333 e. The van der Waals surface area contributed by atoms with Crippen molar-refractivity contribution in [1.82, 2.24) is 0 Å². The third-order valence-electron chi connectivity index (χ3n) is 12.4. The van der Waals surface area contributed by atoms with Crippen LogP contribution in [0.3, 0.4) is 0 Å². The maximum Gasteiger partial charge on any atom is 0.0715 e. The second kappa shape index (κ2) is 13.7. The molecule has 0 N–H and O–H groups in total. The van der Waals surface area contributed by atoms with Crippen LogP contribution in [-0.4, -0.2) is 0 Å². The fraction of sp³-hybridized carbons (Fsp3) is 0.0357. The van der Waals surface area contributed by atoms with Crippen LogP contribution in [-0.2, 0) is 0 Å². The molecule has 10 aromatic rings. The van der Waals surface area contributed by atoms with Gasteiger partial charge in [-0.05, 0) is 111 Å². The molecule has 12 rings (SSSR count). The summed E-state index contributed by atoms with van der Waals surface area (Å²) in [6.07, 6.45) is 0. The summed E-state index contributed by atoms with van der Waals surface area (Å²) in [5.41, 5.74) is 16.4. The van der Waals surface area contributed by atoms with Crippen molar-refractivity contribution < 1.29 is 0 Å². The van der Waals surface area contributed by atoms with Gasteiger partial charge in [-0.15, -0.1) is 11.3 Å². The molecule has 3 heteroatoms. The predicted molar refractivity (Wildman–Crippen MR) is 250 cm³/mol. The zero-order chi connectivity index (χ0) is 38.9.